The Kier molecular flexibility index (Phi) is 4.38. The van der Waals surface area contributed by atoms with Gasteiger partial charge in [0.15, 0.2) is 16.6 Å². The maximum Gasteiger partial charge on any atom is 0.356 e. The van der Waals surface area contributed by atoms with Gasteiger partial charge in [-0.3, -0.25) is 9.59 Å². The first kappa shape index (κ1) is 14.1. The Hall–Kier alpha value is -1.96. The molecule has 0 aliphatic rings. The number of carbonyl (C=O) groups excluding carboxylic acids is 2. The highest BCUT2D eigenvalue weighted by molar-refractivity contribution is 7.17. The first-order chi connectivity index (χ1) is 8.32. The molecular formula is C10H13N3O4S. The van der Waals surface area contributed by atoms with E-state index in [4.69, 9.17) is 5.11 Å². The number of nitrogens with zero attached hydrogens (tertiary/aromatic N) is 2. The number of ketones is 1. The number of carboxylic acids is 1. The largest absolute Gasteiger partial charge is 0.476 e. The van der Waals surface area contributed by atoms with Crippen LogP contribution >= 0.6 is 11.3 Å². The minimum absolute atomic E-state index is 0.00306. The molecule has 0 radical (unpaired) electrons. The fourth-order valence-corrected chi connectivity index (χ4v) is 1.94. The number of thiazole rings is 1. The van der Waals surface area contributed by atoms with E-state index in [0.29, 0.717) is 0 Å². The summed E-state index contributed by atoms with van der Waals surface area (Å²) in [5.41, 5.74) is -0.285. The predicted molar refractivity (Wildman–Crippen MR) is 66.3 cm³/mol. The molecule has 2 N–H and O–H groups in total. The third-order valence-electron chi connectivity index (χ3n) is 2.04. The molecule has 18 heavy (non-hydrogen) atoms. The summed E-state index contributed by atoms with van der Waals surface area (Å²) < 4.78 is 0. The Morgan fingerprint density at radius 2 is 2.00 bits per heavy atom. The Morgan fingerprint density at radius 3 is 2.39 bits per heavy atom. The lowest BCUT2D eigenvalue weighted by atomic mass is 10.3. The zero-order chi connectivity index (χ0) is 13.9. The molecule has 0 bridgehead atoms. The van der Waals surface area contributed by atoms with Gasteiger partial charge in [0.1, 0.15) is 4.88 Å². The van der Waals surface area contributed by atoms with Crippen LogP contribution in [0.1, 0.15) is 27.1 Å². The van der Waals surface area contributed by atoms with Crippen LogP contribution in [0.25, 0.3) is 0 Å². The molecule has 7 nitrogen and oxygen atoms in total. The molecule has 0 saturated carbocycles. The van der Waals surface area contributed by atoms with Gasteiger partial charge >= 0.3 is 5.97 Å². The minimum atomic E-state index is -1.26. The van der Waals surface area contributed by atoms with Gasteiger partial charge in [-0.25, -0.2) is 9.78 Å². The lowest BCUT2D eigenvalue weighted by molar-refractivity contribution is -0.126. The van der Waals surface area contributed by atoms with Crippen LogP contribution in [-0.4, -0.2) is 53.3 Å². The number of likely N-dealkylation sites (N-methyl/N-ethyl adjacent to an activating group) is 1. The highest BCUT2D eigenvalue weighted by Gasteiger charge is 2.20. The molecule has 98 valence electrons. The maximum atomic E-state index is 11.3. The molecule has 1 heterocycles. The molecule has 1 amide bonds. The molecule has 1 rings (SSSR count). The van der Waals surface area contributed by atoms with E-state index in [1.54, 1.807) is 14.1 Å². The fraction of sp³-hybridized carbons (Fsp3) is 0.400. The van der Waals surface area contributed by atoms with Crippen molar-refractivity contribution in [2.45, 2.75) is 6.92 Å². The average Bonchev–Trinajstić information content (AvgIpc) is 2.69. The molecule has 0 unspecified atom stereocenters. The summed E-state index contributed by atoms with van der Waals surface area (Å²) in [5, 5.41) is 11.8. The van der Waals surface area contributed by atoms with E-state index >= 15 is 0 Å². The molecule has 0 spiro atoms. The summed E-state index contributed by atoms with van der Waals surface area (Å²) in [6.45, 7) is 1.27. The Balaban J connectivity index is 2.86. The molecule has 0 saturated heterocycles. The van der Waals surface area contributed by atoms with Crippen molar-refractivity contribution in [3.05, 3.63) is 10.6 Å². The highest BCUT2D eigenvalue weighted by atomic mass is 32.1. The molecule has 0 aromatic carbocycles. The highest BCUT2D eigenvalue weighted by Crippen LogP contribution is 2.23. The maximum absolute atomic E-state index is 11.3. The zero-order valence-electron chi connectivity index (χ0n) is 10.2. The molecule has 0 atom stereocenters. The van der Waals surface area contributed by atoms with Gasteiger partial charge in [-0.05, 0) is 0 Å². The number of anilines is 1. The number of amides is 1. The lowest BCUT2D eigenvalue weighted by Gasteiger charge is -2.09. The number of Topliss-reactive ketones (excluding diaryl/α,β-unsaturated/α-hetero) is 1. The van der Waals surface area contributed by atoms with Crippen LogP contribution < -0.4 is 5.32 Å². The van der Waals surface area contributed by atoms with Gasteiger partial charge in [0.05, 0.1) is 6.54 Å². The van der Waals surface area contributed by atoms with E-state index in [1.807, 2.05) is 0 Å². The van der Waals surface area contributed by atoms with Gasteiger partial charge in [-0.2, -0.15) is 0 Å². The Bertz CT molecular complexity index is 464. The van der Waals surface area contributed by atoms with Crippen molar-refractivity contribution in [3.63, 3.8) is 0 Å². The normalized spacial score (nSPS) is 9.94. The van der Waals surface area contributed by atoms with Crippen molar-refractivity contribution in [1.29, 1.82) is 0 Å². The van der Waals surface area contributed by atoms with Crippen LogP contribution in [0.2, 0.25) is 0 Å². The molecule has 1 aromatic heterocycles. The number of carbonyl (C=O) groups is 3. The Morgan fingerprint density at radius 1 is 1.39 bits per heavy atom. The van der Waals surface area contributed by atoms with E-state index < -0.39 is 5.97 Å². The molecule has 0 aliphatic carbocycles. The summed E-state index contributed by atoms with van der Waals surface area (Å²) in [6.07, 6.45) is 0. The summed E-state index contributed by atoms with van der Waals surface area (Å²) in [7, 11) is 3.21. The monoisotopic (exact) mass is 271 g/mol. The number of hydrogen-bond acceptors (Lipinski definition) is 6. The SMILES string of the molecule is CC(=O)c1sc(NCC(=O)N(C)C)nc1C(=O)O. The first-order valence-electron chi connectivity index (χ1n) is 5.02. The zero-order valence-corrected chi connectivity index (χ0v) is 11.0. The number of nitrogens with one attached hydrogen (secondary N) is 1. The van der Waals surface area contributed by atoms with E-state index in [0.717, 1.165) is 11.3 Å². The summed E-state index contributed by atoms with van der Waals surface area (Å²) in [6, 6.07) is 0. The van der Waals surface area contributed by atoms with E-state index in [2.05, 4.69) is 10.3 Å². The van der Waals surface area contributed by atoms with Crippen molar-refractivity contribution in [2.75, 3.05) is 26.0 Å². The van der Waals surface area contributed by atoms with Crippen molar-refractivity contribution in [1.82, 2.24) is 9.88 Å². The number of carboxylic acid groups (broad SMARTS) is 1. The summed E-state index contributed by atoms with van der Waals surface area (Å²) in [4.78, 5) is 38.7. The van der Waals surface area contributed by atoms with Gasteiger partial charge in [0.25, 0.3) is 0 Å². The lowest BCUT2D eigenvalue weighted by Crippen LogP contribution is -2.28. The third kappa shape index (κ3) is 3.27. The van der Waals surface area contributed by atoms with Crippen molar-refractivity contribution >= 4 is 34.1 Å². The van der Waals surface area contributed by atoms with Crippen molar-refractivity contribution < 1.29 is 19.5 Å². The van der Waals surface area contributed by atoms with Gasteiger partial charge in [-0.1, -0.05) is 11.3 Å². The second kappa shape index (κ2) is 5.58. The second-order valence-electron chi connectivity index (χ2n) is 3.70. The average molecular weight is 271 g/mol. The predicted octanol–water partition coefficient (Wildman–Crippen LogP) is 0.544. The van der Waals surface area contributed by atoms with E-state index in [9.17, 15) is 14.4 Å². The first-order valence-corrected chi connectivity index (χ1v) is 5.83. The van der Waals surface area contributed by atoms with Gasteiger partial charge in [0, 0.05) is 21.0 Å². The van der Waals surface area contributed by atoms with Gasteiger partial charge in [0.2, 0.25) is 5.91 Å². The number of hydrogen-bond donors (Lipinski definition) is 2. The Labute approximate surface area is 107 Å². The van der Waals surface area contributed by atoms with Crippen LogP contribution in [0.3, 0.4) is 0 Å². The van der Waals surface area contributed by atoms with Crippen LogP contribution in [-0.2, 0) is 4.79 Å². The van der Waals surface area contributed by atoms with Gasteiger partial charge in [-0.15, -0.1) is 0 Å². The van der Waals surface area contributed by atoms with Crippen LogP contribution in [0, 0.1) is 0 Å². The van der Waals surface area contributed by atoms with Crippen LogP contribution in [0.5, 0.6) is 0 Å². The van der Waals surface area contributed by atoms with Crippen molar-refractivity contribution in [3.8, 4) is 0 Å². The number of aromatic carboxylic acids is 1. The molecule has 1 aromatic rings. The molecular weight excluding hydrogens is 258 g/mol. The molecule has 0 fully saturated rings. The topological polar surface area (TPSA) is 99.6 Å². The van der Waals surface area contributed by atoms with E-state index in [-0.39, 0.29) is 33.9 Å². The standard InChI is InChI=1S/C10H13N3O4S/c1-5(14)8-7(9(16)17)12-10(18-8)11-4-6(15)13(2)3/h4H2,1-3H3,(H,11,12)(H,16,17). The molecule has 0 aliphatic heterocycles. The molecule has 8 heteroatoms. The van der Waals surface area contributed by atoms with E-state index in [1.165, 1.54) is 11.8 Å². The second-order valence-corrected chi connectivity index (χ2v) is 4.70. The number of aromatic nitrogens is 1. The summed E-state index contributed by atoms with van der Waals surface area (Å²) in [5.74, 6) is -1.80. The van der Waals surface area contributed by atoms with Crippen LogP contribution in [0.15, 0.2) is 0 Å². The minimum Gasteiger partial charge on any atom is -0.476 e. The summed E-state index contributed by atoms with van der Waals surface area (Å²) >= 11 is 0.926. The number of rotatable bonds is 5. The quantitative estimate of drug-likeness (QED) is 0.758. The smallest absolute Gasteiger partial charge is 0.356 e. The van der Waals surface area contributed by atoms with Crippen LogP contribution in [0.4, 0.5) is 5.13 Å². The fourth-order valence-electron chi connectivity index (χ4n) is 1.09. The third-order valence-corrected chi connectivity index (χ3v) is 3.15. The van der Waals surface area contributed by atoms with Crippen molar-refractivity contribution in [2.24, 2.45) is 0 Å². The van der Waals surface area contributed by atoms with Gasteiger partial charge < -0.3 is 15.3 Å².